The molecule has 2 aromatic heterocycles. The molecular formula is C13H19N7O. The van der Waals surface area contributed by atoms with E-state index in [1.807, 2.05) is 20.8 Å². The third kappa shape index (κ3) is 2.99. The first kappa shape index (κ1) is 14.9. The Morgan fingerprint density at radius 2 is 1.95 bits per heavy atom. The Bertz CT molecular complexity index is 650. The first-order chi connectivity index (χ1) is 10.1. The highest BCUT2D eigenvalue weighted by Gasteiger charge is 2.18. The van der Waals surface area contributed by atoms with Crippen LogP contribution in [-0.4, -0.2) is 30.9 Å². The van der Waals surface area contributed by atoms with E-state index < -0.39 is 0 Å². The van der Waals surface area contributed by atoms with E-state index >= 15 is 0 Å². The monoisotopic (exact) mass is 289 g/mol. The van der Waals surface area contributed by atoms with Crippen molar-refractivity contribution >= 4 is 17.5 Å². The smallest absolute Gasteiger partial charge is 0.278 e. The molecule has 112 valence electrons. The lowest BCUT2D eigenvalue weighted by Gasteiger charge is -2.08. The summed E-state index contributed by atoms with van der Waals surface area (Å²) in [5, 5.41) is 14.7. The fourth-order valence-electron chi connectivity index (χ4n) is 2.04. The van der Waals surface area contributed by atoms with E-state index in [2.05, 4.69) is 25.6 Å². The van der Waals surface area contributed by atoms with Crippen LogP contribution in [0.2, 0.25) is 0 Å². The van der Waals surface area contributed by atoms with Crippen LogP contribution in [0.15, 0.2) is 6.20 Å². The second-order valence-corrected chi connectivity index (χ2v) is 4.45. The van der Waals surface area contributed by atoms with Crippen LogP contribution in [0.1, 0.15) is 42.6 Å². The molecule has 8 heteroatoms. The maximum atomic E-state index is 12.3. The third-order valence-electron chi connectivity index (χ3n) is 3.12. The van der Waals surface area contributed by atoms with Gasteiger partial charge in [-0.2, -0.15) is 5.10 Å². The minimum Gasteiger partial charge on any atom is -0.396 e. The van der Waals surface area contributed by atoms with Gasteiger partial charge in [-0.05, 0) is 19.8 Å². The summed E-state index contributed by atoms with van der Waals surface area (Å²) in [4.78, 5) is 16.6. The zero-order valence-electron chi connectivity index (χ0n) is 12.4. The fourth-order valence-corrected chi connectivity index (χ4v) is 2.04. The summed E-state index contributed by atoms with van der Waals surface area (Å²) in [6.45, 7) is 6.41. The Balaban J connectivity index is 2.25. The summed E-state index contributed by atoms with van der Waals surface area (Å²) >= 11 is 0. The molecule has 3 N–H and O–H groups in total. The topological polar surface area (TPSA) is 112 Å². The van der Waals surface area contributed by atoms with Crippen molar-refractivity contribution in [3.05, 3.63) is 23.3 Å². The summed E-state index contributed by atoms with van der Waals surface area (Å²) in [5.74, 6) is -0.211. The highest BCUT2D eigenvalue weighted by atomic mass is 16.2. The summed E-state index contributed by atoms with van der Waals surface area (Å²) in [7, 11) is 0. The SMILES string of the molecule is CCc1nnc(NC(=O)c2c(N)cnn2CC)nc1CC. The third-order valence-corrected chi connectivity index (χ3v) is 3.12. The Hall–Kier alpha value is -2.51. The number of rotatable bonds is 5. The Labute approximate surface area is 122 Å². The van der Waals surface area contributed by atoms with Crippen molar-refractivity contribution in [1.82, 2.24) is 25.0 Å². The highest BCUT2D eigenvalue weighted by molar-refractivity contribution is 6.05. The van der Waals surface area contributed by atoms with Crippen LogP contribution in [0.3, 0.4) is 0 Å². The second-order valence-electron chi connectivity index (χ2n) is 4.45. The molecule has 0 aromatic carbocycles. The summed E-state index contributed by atoms with van der Waals surface area (Å²) in [6, 6.07) is 0. The van der Waals surface area contributed by atoms with Crippen molar-refractivity contribution in [2.45, 2.75) is 40.2 Å². The molecule has 1 amide bonds. The van der Waals surface area contributed by atoms with Crippen LogP contribution in [0, 0.1) is 0 Å². The predicted molar refractivity (Wildman–Crippen MR) is 78.8 cm³/mol. The van der Waals surface area contributed by atoms with Gasteiger partial charge in [-0.3, -0.25) is 14.8 Å². The lowest BCUT2D eigenvalue weighted by molar-refractivity contribution is 0.101. The second kappa shape index (κ2) is 6.29. The molecule has 0 aliphatic carbocycles. The van der Waals surface area contributed by atoms with E-state index in [-0.39, 0.29) is 11.9 Å². The van der Waals surface area contributed by atoms with Crippen molar-refractivity contribution in [2.75, 3.05) is 11.1 Å². The molecule has 0 bridgehead atoms. The van der Waals surface area contributed by atoms with E-state index in [1.54, 1.807) is 0 Å². The first-order valence-electron chi connectivity index (χ1n) is 6.95. The average Bonchev–Trinajstić information content (AvgIpc) is 2.88. The van der Waals surface area contributed by atoms with Gasteiger partial charge in [0.05, 0.1) is 23.3 Å². The molecule has 2 heterocycles. The van der Waals surface area contributed by atoms with Gasteiger partial charge in [0, 0.05) is 6.54 Å². The minimum atomic E-state index is -0.389. The summed E-state index contributed by atoms with van der Waals surface area (Å²) in [5.41, 5.74) is 8.07. The number of nitrogen functional groups attached to an aromatic ring is 1. The lowest BCUT2D eigenvalue weighted by Crippen LogP contribution is -2.21. The molecule has 0 aliphatic rings. The van der Waals surface area contributed by atoms with Gasteiger partial charge >= 0.3 is 0 Å². The van der Waals surface area contributed by atoms with Crippen molar-refractivity contribution in [3.63, 3.8) is 0 Å². The Morgan fingerprint density at radius 3 is 2.57 bits per heavy atom. The molecule has 21 heavy (non-hydrogen) atoms. The van der Waals surface area contributed by atoms with Crippen LogP contribution in [0.25, 0.3) is 0 Å². The number of nitrogens with zero attached hydrogens (tertiary/aromatic N) is 5. The molecule has 0 spiro atoms. The zero-order chi connectivity index (χ0) is 15.4. The largest absolute Gasteiger partial charge is 0.396 e. The quantitative estimate of drug-likeness (QED) is 0.850. The number of nitrogens with two attached hydrogens (primary N) is 1. The van der Waals surface area contributed by atoms with Crippen LogP contribution in [0.4, 0.5) is 11.6 Å². The van der Waals surface area contributed by atoms with Gasteiger partial charge < -0.3 is 5.73 Å². The van der Waals surface area contributed by atoms with Gasteiger partial charge in [-0.25, -0.2) is 4.98 Å². The van der Waals surface area contributed by atoms with Crippen molar-refractivity contribution in [2.24, 2.45) is 0 Å². The minimum absolute atomic E-state index is 0.178. The Kier molecular flexibility index (Phi) is 4.46. The standard InChI is InChI=1S/C13H19N7O/c1-4-9-10(5-2)18-19-13(16-9)17-12(21)11-8(14)7-15-20(11)6-3/h7H,4-6,14H2,1-3H3,(H,16,17,19,21). The van der Waals surface area contributed by atoms with Gasteiger partial charge in [0.25, 0.3) is 5.91 Å². The molecule has 0 fully saturated rings. The molecule has 0 unspecified atom stereocenters. The number of hydrogen-bond acceptors (Lipinski definition) is 6. The van der Waals surface area contributed by atoms with Crippen molar-refractivity contribution < 1.29 is 4.79 Å². The fraction of sp³-hybridized carbons (Fsp3) is 0.462. The number of carbonyl (C=O) groups excluding carboxylic acids is 1. The first-order valence-corrected chi connectivity index (χ1v) is 6.95. The predicted octanol–water partition coefficient (Wildman–Crippen LogP) is 1.05. The number of hydrogen-bond donors (Lipinski definition) is 2. The van der Waals surface area contributed by atoms with Crippen molar-refractivity contribution in [3.8, 4) is 0 Å². The van der Waals surface area contributed by atoms with E-state index in [0.717, 1.165) is 24.2 Å². The number of amides is 1. The molecule has 8 nitrogen and oxygen atoms in total. The lowest BCUT2D eigenvalue weighted by atomic mass is 10.2. The molecular weight excluding hydrogens is 270 g/mol. The normalized spacial score (nSPS) is 10.6. The molecule has 0 aliphatic heterocycles. The van der Waals surface area contributed by atoms with Gasteiger partial charge in [0.2, 0.25) is 5.95 Å². The van der Waals surface area contributed by atoms with Crippen LogP contribution < -0.4 is 11.1 Å². The average molecular weight is 289 g/mol. The number of aromatic nitrogens is 5. The number of carbonyl (C=O) groups is 1. The van der Waals surface area contributed by atoms with Gasteiger partial charge in [0.1, 0.15) is 5.69 Å². The van der Waals surface area contributed by atoms with Crippen molar-refractivity contribution in [1.29, 1.82) is 0 Å². The summed E-state index contributed by atoms with van der Waals surface area (Å²) < 4.78 is 1.53. The molecule has 0 radical (unpaired) electrons. The van der Waals surface area contributed by atoms with Crippen LogP contribution >= 0.6 is 0 Å². The van der Waals surface area contributed by atoms with E-state index in [1.165, 1.54) is 10.9 Å². The maximum Gasteiger partial charge on any atom is 0.278 e. The molecule has 0 saturated carbocycles. The number of anilines is 2. The summed E-state index contributed by atoms with van der Waals surface area (Å²) in [6.07, 6.45) is 2.94. The van der Waals surface area contributed by atoms with Gasteiger partial charge in [-0.15, -0.1) is 10.2 Å². The maximum absolute atomic E-state index is 12.3. The molecule has 0 atom stereocenters. The number of aryl methyl sites for hydroxylation is 3. The highest BCUT2D eigenvalue weighted by Crippen LogP contribution is 2.13. The van der Waals surface area contributed by atoms with Gasteiger partial charge in [0.15, 0.2) is 0 Å². The molecule has 0 saturated heterocycles. The number of nitrogens with one attached hydrogen (secondary N) is 1. The van der Waals surface area contributed by atoms with E-state index in [0.29, 0.717) is 17.9 Å². The molecule has 2 aromatic rings. The van der Waals surface area contributed by atoms with Gasteiger partial charge in [-0.1, -0.05) is 13.8 Å². The molecule has 2 rings (SSSR count). The van der Waals surface area contributed by atoms with E-state index in [4.69, 9.17) is 5.73 Å². The van der Waals surface area contributed by atoms with Crippen LogP contribution in [-0.2, 0) is 19.4 Å². The zero-order valence-corrected chi connectivity index (χ0v) is 12.4. The van der Waals surface area contributed by atoms with Crippen LogP contribution in [0.5, 0.6) is 0 Å². The van der Waals surface area contributed by atoms with E-state index in [9.17, 15) is 4.79 Å². The Morgan fingerprint density at radius 1 is 1.24 bits per heavy atom.